The van der Waals surface area contributed by atoms with Crippen LogP contribution in [0.25, 0.3) is 10.8 Å². The topological polar surface area (TPSA) is 429 Å². The van der Waals surface area contributed by atoms with Crippen molar-refractivity contribution in [1.29, 1.82) is 0 Å². The van der Waals surface area contributed by atoms with Crippen molar-refractivity contribution in [3.63, 3.8) is 0 Å². The van der Waals surface area contributed by atoms with Gasteiger partial charge in [-0.2, -0.15) is 0 Å². The van der Waals surface area contributed by atoms with Gasteiger partial charge in [0.05, 0.1) is 19.3 Å². The Hall–Kier alpha value is -9.01. The van der Waals surface area contributed by atoms with Gasteiger partial charge >= 0.3 is 41.8 Å². The van der Waals surface area contributed by atoms with E-state index in [1.165, 1.54) is 0 Å². The summed E-state index contributed by atoms with van der Waals surface area (Å²) in [7, 11) is 0. The summed E-state index contributed by atoms with van der Waals surface area (Å²) < 4.78 is 34.7. The molecule has 0 radical (unpaired) electrons. The lowest BCUT2D eigenvalue weighted by Gasteiger charge is -2.30. The molecule has 2 aliphatic rings. The van der Waals surface area contributed by atoms with Crippen molar-refractivity contribution in [2.75, 3.05) is 19.6 Å². The molecule has 7 atom stereocenters. The quantitative estimate of drug-likeness (QED) is 0.0109. The first-order valence-electron chi connectivity index (χ1n) is 41.1. The molecule has 7 unspecified atom stereocenters. The molecule has 3 aromatic carbocycles. The molecule has 0 bridgehead atoms. The third kappa shape index (κ3) is 39.9. The van der Waals surface area contributed by atoms with E-state index in [0.29, 0.717) is 77.0 Å². The van der Waals surface area contributed by atoms with Crippen LogP contribution < -0.4 is 53.6 Å². The predicted octanol–water partition coefficient (Wildman–Crippen LogP) is 8.95. The Labute approximate surface area is 702 Å². The minimum atomic E-state index is -1.73. The molecule has 9 amide bonds. The second-order valence-electron chi connectivity index (χ2n) is 35.4. The lowest BCUT2D eigenvalue weighted by molar-refractivity contribution is -0.161. The van der Waals surface area contributed by atoms with E-state index in [2.05, 4.69) is 70.4 Å². The fourth-order valence-electron chi connectivity index (χ4n) is 13.2. The van der Waals surface area contributed by atoms with Crippen LogP contribution >= 0.6 is 22.6 Å². The molecule has 2 aliphatic carbocycles. The number of ether oxygens (including phenoxy) is 6. The van der Waals surface area contributed by atoms with Crippen molar-refractivity contribution >= 4 is 117 Å². The van der Waals surface area contributed by atoms with Crippen LogP contribution in [-0.4, -0.2) is 179 Å². The number of nitrogens with two attached hydrogens (primary N) is 1. The molecule has 0 spiro atoms. The van der Waals surface area contributed by atoms with Gasteiger partial charge in [0.1, 0.15) is 76.4 Å². The summed E-state index contributed by atoms with van der Waals surface area (Å²) in [5, 5.41) is 26.4. The minimum Gasteiger partial charge on any atom is -0.461 e. The van der Waals surface area contributed by atoms with Crippen LogP contribution in [0.15, 0.2) is 66.7 Å². The van der Waals surface area contributed by atoms with E-state index in [-0.39, 0.29) is 76.1 Å². The van der Waals surface area contributed by atoms with Gasteiger partial charge in [0.15, 0.2) is 0 Å². The number of rotatable bonds is 42. The summed E-state index contributed by atoms with van der Waals surface area (Å²) in [4.78, 5) is 193. The van der Waals surface area contributed by atoms with E-state index in [9.17, 15) is 67.1 Å². The second kappa shape index (κ2) is 47.0. The number of aryl methyl sites for hydroxylation is 1. The average Bonchev–Trinajstić information content (AvgIpc) is 1.22. The van der Waals surface area contributed by atoms with Gasteiger partial charge in [-0.1, -0.05) is 54.6 Å². The molecule has 3 aromatic rings. The smallest absolute Gasteiger partial charge is 0.329 e. The predicted molar refractivity (Wildman–Crippen MR) is 448 cm³/mol. The monoisotopic (exact) mass is 1750 g/mol. The molecule has 5 rings (SSSR count). The Balaban J connectivity index is 1.22. The largest absolute Gasteiger partial charge is 0.461 e. The maximum absolute atomic E-state index is 14.3. The van der Waals surface area contributed by atoms with E-state index in [1.807, 2.05) is 66.7 Å². The number of carbonyl (C=O) groups excluding carboxylic acids is 14. The van der Waals surface area contributed by atoms with Crippen LogP contribution in [0.5, 0.6) is 0 Å². The highest BCUT2D eigenvalue weighted by molar-refractivity contribution is 14.1. The number of halogens is 1. The molecular weight excluding hydrogens is 1620 g/mol. The van der Waals surface area contributed by atoms with E-state index >= 15 is 0 Å². The molecule has 2 saturated carbocycles. The van der Waals surface area contributed by atoms with Gasteiger partial charge in [-0.05, 0) is 282 Å². The van der Waals surface area contributed by atoms with Crippen LogP contribution in [0, 0.1) is 15.4 Å². The molecule has 30 nitrogen and oxygen atoms in total. The molecule has 0 aromatic heterocycles. The zero-order valence-corrected chi connectivity index (χ0v) is 73.3. The summed E-state index contributed by atoms with van der Waals surface area (Å²) in [5.74, 6) is -10.2. The maximum atomic E-state index is 14.3. The lowest BCUT2D eigenvalue weighted by Crippen LogP contribution is -2.53. The molecule has 650 valence electrons. The van der Waals surface area contributed by atoms with Gasteiger partial charge in [-0.15, -0.1) is 0 Å². The summed E-state index contributed by atoms with van der Waals surface area (Å²) in [6.45, 7) is 25.0. The third-order valence-corrected chi connectivity index (χ3v) is 19.5. The number of nitrogens with one attached hydrogen (secondary N) is 9. The molecule has 117 heavy (non-hydrogen) atoms. The molecule has 0 heterocycles. The van der Waals surface area contributed by atoms with Crippen molar-refractivity contribution < 1.29 is 95.5 Å². The Bertz CT molecular complexity index is 3840. The first-order valence-corrected chi connectivity index (χ1v) is 42.1. The van der Waals surface area contributed by atoms with Gasteiger partial charge in [0.25, 0.3) is 0 Å². The van der Waals surface area contributed by atoms with Gasteiger partial charge in [0.2, 0.25) is 41.4 Å². The summed E-state index contributed by atoms with van der Waals surface area (Å²) in [5.41, 5.74) is 2.67. The summed E-state index contributed by atoms with van der Waals surface area (Å²) >= 11 is 2.19. The van der Waals surface area contributed by atoms with Gasteiger partial charge in [-0.3, -0.25) is 38.4 Å². The number of urea groups is 1. The van der Waals surface area contributed by atoms with Gasteiger partial charge in [0, 0.05) is 41.8 Å². The van der Waals surface area contributed by atoms with E-state index < -0.39 is 173 Å². The number of hydrogen-bond acceptors (Lipinski definition) is 21. The van der Waals surface area contributed by atoms with Crippen molar-refractivity contribution in [2.24, 2.45) is 17.6 Å². The Kier molecular flexibility index (Phi) is 39.6. The van der Waals surface area contributed by atoms with Crippen molar-refractivity contribution in [2.45, 2.75) is 328 Å². The van der Waals surface area contributed by atoms with E-state index in [4.69, 9.17) is 34.2 Å². The number of carbonyl (C=O) groups is 14. The number of fused-ring (bicyclic) bond motifs is 1. The lowest BCUT2D eigenvalue weighted by atomic mass is 9.81. The third-order valence-electron chi connectivity index (χ3n) is 18.7. The standard InChI is InChI=1S/C86H129IN10O20/c1-82(2,3)113-72(102)44-43-63(77(107)114-83(4,5)6)97-81(111)96-62(76(106)112-60-28-18-19-29-60)31-21-23-46-89-75(105)64(48-55-35-38-56-26-16-17-27-58(56)47-55)95-73(103)57-39-33-54(34-40-57)52-90-74(104)61(30-20-22-45-88)91-69(99)50-66(79(109)116-85(10,11)12)93-71(101)51-67(80(110)117-86(13,14)15)94-70(100)49-65(78(108)115-84(7,8)9)92-68(98)32-24-25-53-36-41-59(87)42-37-53/h16-17,26-27,35-38,41-42,47,54,57,60-67H,18-25,28-34,39-40,43-46,48-52,88H2,1-15H3,(H,89,105)(H,90,104)(H,91,99)(H,92,98)(H,93,101)(H,94,100)(H,95,103)(H2,96,97,111). The SMILES string of the molecule is CC(C)(C)OC(=O)CCC(NC(=O)NC(CCCCNC(=O)C(Cc1ccc2ccccc2c1)NC(=O)C1CCC(CNC(=O)C(CCCCN)NC(=O)CC(NC(=O)CC(NC(=O)CC(NC(=O)CCCc2ccc(I)cc2)C(=O)OC(C)(C)C)C(=O)OC(C)(C)C)C(=O)OC(C)(C)C)CC1)C(=O)OC1CCCC1)C(=O)OC(C)(C)C. The van der Waals surface area contributed by atoms with E-state index in [0.717, 1.165) is 38.3 Å². The second-order valence-corrected chi connectivity index (χ2v) is 36.6. The Morgan fingerprint density at radius 2 is 0.880 bits per heavy atom. The zero-order chi connectivity index (χ0) is 87.0. The Morgan fingerprint density at radius 1 is 0.427 bits per heavy atom. The number of unbranched alkanes of at least 4 members (excludes halogenated alkanes) is 2. The number of esters is 6. The normalized spacial score (nSPS) is 16.5. The zero-order valence-electron chi connectivity index (χ0n) is 71.1. The fourth-order valence-corrected chi connectivity index (χ4v) is 13.5. The first kappa shape index (κ1) is 98.6. The van der Waals surface area contributed by atoms with Crippen LogP contribution in [0.2, 0.25) is 0 Å². The van der Waals surface area contributed by atoms with Crippen molar-refractivity contribution in [3.05, 3.63) is 81.4 Å². The van der Waals surface area contributed by atoms with Crippen LogP contribution in [-0.2, 0) is 104 Å². The Morgan fingerprint density at radius 3 is 1.39 bits per heavy atom. The number of amides is 9. The first-order chi connectivity index (χ1) is 54.7. The summed E-state index contributed by atoms with van der Waals surface area (Å²) in [6.07, 6.45) is 5.00. The number of hydrogen-bond donors (Lipinski definition) is 10. The molecule has 0 aliphatic heterocycles. The molecular formula is C86H129IN10O20. The molecule has 0 saturated heterocycles. The number of benzene rings is 3. The highest BCUT2D eigenvalue weighted by Gasteiger charge is 2.39. The van der Waals surface area contributed by atoms with E-state index in [1.54, 1.807) is 104 Å². The van der Waals surface area contributed by atoms with Crippen molar-refractivity contribution in [1.82, 2.24) is 47.9 Å². The summed E-state index contributed by atoms with van der Waals surface area (Å²) in [6, 6.07) is 11.0. The molecule has 31 heteroatoms. The average molecular weight is 1750 g/mol. The highest BCUT2D eigenvalue weighted by atomic mass is 127. The highest BCUT2D eigenvalue weighted by Crippen LogP contribution is 2.30. The van der Waals surface area contributed by atoms with Gasteiger partial charge < -0.3 is 82.0 Å². The molecule has 2 fully saturated rings. The minimum absolute atomic E-state index is 0.00280. The fraction of sp³-hybridized carbons (Fsp3) is 0.651. The van der Waals surface area contributed by atoms with Crippen LogP contribution in [0.1, 0.15) is 250 Å². The van der Waals surface area contributed by atoms with Crippen molar-refractivity contribution in [3.8, 4) is 0 Å². The van der Waals surface area contributed by atoms with Crippen LogP contribution in [0.4, 0.5) is 4.79 Å². The van der Waals surface area contributed by atoms with Crippen LogP contribution in [0.3, 0.4) is 0 Å². The molecule has 11 N–H and O–H groups in total. The maximum Gasteiger partial charge on any atom is 0.329 e. The van der Waals surface area contributed by atoms with Gasteiger partial charge in [-0.25, -0.2) is 28.8 Å².